The van der Waals surface area contributed by atoms with Crippen molar-refractivity contribution in [2.75, 3.05) is 6.61 Å². The number of non-ortho nitro benzene ring substituents is 1. The van der Waals surface area contributed by atoms with Gasteiger partial charge in [0.2, 0.25) is 0 Å². The van der Waals surface area contributed by atoms with Gasteiger partial charge in [0, 0.05) is 12.1 Å². The van der Waals surface area contributed by atoms with Crippen LogP contribution in [0.3, 0.4) is 0 Å². The fraction of sp³-hybridized carbons (Fsp3) is 0.125. The molecule has 2 aromatic carbocycles. The average Bonchev–Trinajstić information content (AvgIpc) is 2.59. The van der Waals surface area contributed by atoms with Crippen molar-refractivity contribution >= 4 is 28.9 Å². The minimum atomic E-state index is -0.482. The number of rotatable bonds is 6. The maximum absolute atomic E-state index is 11.7. The summed E-state index contributed by atoms with van der Waals surface area (Å²) in [4.78, 5) is 21.9. The lowest BCUT2D eigenvalue weighted by atomic mass is 10.1. The van der Waals surface area contributed by atoms with Crippen molar-refractivity contribution in [1.82, 2.24) is 5.43 Å². The second-order valence-electron chi connectivity index (χ2n) is 4.76. The number of carbonyl (C=O) groups excluding carboxylic acids is 1. The molecule has 0 bridgehead atoms. The highest BCUT2D eigenvalue weighted by atomic mass is 35.5. The number of hydrogen-bond acceptors (Lipinski definition) is 5. The van der Waals surface area contributed by atoms with Crippen LogP contribution in [0.25, 0.3) is 0 Å². The molecule has 1 N–H and O–H groups in total. The fourth-order valence-electron chi connectivity index (χ4n) is 1.77. The third-order valence-electron chi connectivity index (χ3n) is 3.04. The molecule has 0 aromatic heterocycles. The van der Waals surface area contributed by atoms with Gasteiger partial charge in [-0.3, -0.25) is 14.9 Å². The quantitative estimate of drug-likeness (QED) is 0.493. The van der Waals surface area contributed by atoms with Crippen LogP contribution < -0.4 is 10.2 Å². The highest BCUT2D eigenvalue weighted by molar-refractivity contribution is 6.32. The molecule has 2 rings (SSSR count). The third kappa shape index (κ3) is 4.79. The second-order valence-corrected chi connectivity index (χ2v) is 5.16. The van der Waals surface area contributed by atoms with Crippen LogP contribution in [0.5, 0.6) is 5.75 Å². The summed E-state index contributed by atoms with van der Waals surface area (Å²) in [6, 6.07) is 12.7. The van der Waals surface area contributed by atoms with E-state index in [1.807, 2.05) is 0 Å². The Labute approximate surface area is 143 Å². The first-order chi connectivity index (χ1) is 11.5. The van der Waals surface area contributed by atoms with E-state index in [9.17, 15) is 14.9 Å². The first kappa shape index (κ1) is 17.4. The van der Waals surface area contributed by atoms with Crippen molar-refractivity contribution in [3.63, 3.8) is 0 Å². The highest BCUT2D eigenvalue weighted by Gasteiger charge is 2.07. The van der Waals surface area contributed by atoms with Crippen LogP contribution in [0.15, 0.2) is 53.6 Å². The first-order valence-corrected chi connectivity index (χ1v) is 7.30. The summed E-state index contributed by atoms with van der Waals surface area (Å²) < 4.78 is 5.29. The van der Waals surface area contributed by atoms with Crippen molar-refractivity contribution in [3.8, 4) is 5.75 Å². The molecule has 124 valence electrons. The number of nitro groups is 1. The van der Waals surface area contributed by atoms with Crippen molar-refractivity contribution in [1.29, 1.82) is 0 Å². The van der Waals surface area contributed by atoms with Crippen molar-refractivity contribution in [2.45, 2.75) is 6.92 Å². The van der Waals surface area contributed by atoms with Gasteiger partial charge in [-0.15, -0.1) is 0 Å². The number of hydrogen-bond donors (Lipinski definition) is 1. The molecule has 0 saturated carbocycles. The largest absolute Gasteiger partial charge is 0.482 e. The van der Waals surface area contributed by atoms with Gasteiger partial charge in [-0.1, -0.05) is 23.7 Å². The van der Waals surface area contributed by atoms with Gasteiger partial charge in [0.15, 0.2) is 6.61 Å². The van der Waals surface area contributed by atoms with Crippen LogP contribution in [-0.2, 0) is 4.79 Å². The lowest BCUT2D eigenvalue weighted by Crippen LogP contribution is -2.25. The Morgan fingerprint density at radius 1 is 1.25 bits per heavy atom. The Kier molecular flexibility index (Phi) is 5.86. The highest BCUT2D eigenvalue weighted by Crippen LogP contribution is 2.22. The van der Waals surface area contributed by atoms with Crippen LogP contribution in [0.4, 0.5) is 5.69 Å². The van der Waals surface area contributed by atoms with E-state index in [1.54, 1.807) is 43.3 Å². The van der Waals surface area contributed by atoms with Crippen LogP contribution >= 0.6 is 11.6 Å². The van der Waals surface area contributed by atoms with Gasteiger partial charge in [0.1, 0.15) is 5.75 Å². The van der Waals surface area contributed by atoms with Gasteiger partial charge in [-0.05, 0) is 36.8 Å². The molecular formula is C16H14ClN3O4. The van der Waals surface area contributed by atoms with E-state index < -0.39 is 10.8 Å². The lowest BCUT2D eigenvalue weighted by molar-refractivity contribution is -0.384. The SMILES string of the molecule is C/C(=N/NC(=O)COc1ccccc1Cl)c1ccc([N+](=O)[O-])cc1. The number of nitro benzene ring substituents is 1. The predicted molar refractivity (Wildman–Crippen MR) is 90.4 cm³/mol. The number of halogens is 1. The Morgan fingerprint density at radius 3 is 2.54 bits per heavy atom. The van der Waals surface area contributed by atoms with Crippen LogP contribution in [-0.4, -0.2) is 23.1 Å². The zero-order valence-corrected chi connectivity index (χ0v) is 13.5. The summed E-state index contributed by atoms with van der Waals surface area (Å²) in [5.41, 5.74) is 3.51. The molecule has 0 spiro atoms. The number of nitrogens with one attached hydrogen (secondary N) is 1. The van der Waals surface area contributed by atoms with Gasteiger partial charge in [0.25, 0.3) is 11.6 Å². The van der Waals surface area contributed by atoms with Gasteiger partial charge >= 0.3 is 0 Å². The third-order valence-corrected chi connectivity index (χ3v) is 3.35. The summed E-state index contributed by atoms with van der Waals surface area (Å²) in [6.07, 6.45) is 0. The van der Waals surface area contributed by atoms with Crippen molar-refractivity contribution in [3.05, 3.63) is 69.2 Å². The summed E-state index contributed by atoms with van der Waals surface area (Å²) >= 11 is 5.92. The molecule has 0 heterocycles. The van der Waals surface area contributed by atoms with Crippen LogP contribution in [0.2, 0.25) is 5.02 Å². The smallest absolute Gasteiger partial charge is 0.277 e. The summed E-state index contributed by atoms with van der Waals surface area (Å²) in [6.45, 7) is 1.44. The van der Waals surface area contributed by atoms with Gasteiger partial charge in [0.05, 0.1) is 15.7 Å². The van der Waals surface area contributed by atoms with Gasteiger partial charge in [-0.2, -0.15) is 5.10 Å². The molecular weight excluding hydrogens is 334 g/mol. The number of amides is 1. The Morgan fingerprint density at radius 2 is 1.92 bits per heavy atom. The summed E-state index contributed by atoms with van der Waals surface area (Å²) in [5.74, 6) is -0.0402. The van der Waals surface area contributed by atoms with Crippen LogP contribution in [0.1, 0.15) is 12.5 Å². The predicted octanol–water partition coefficient (Wildman–Crippen LogP) is 3.17. The monoisotopic (exact) mass is 347 g/mol. The Balaban J connectivity index is 1.90. The van der Waals surface area contributed by atoms with E-state index in [0.717, 1.165) is 0 Å². The molecule has 0 aliphatic carbocycles. The number of nitrogens with zero attached hydrogens (tertiary/aromatic N) is 2. The second kappa shape index (κ2) is 8.07. The molecule has 0 fully saturated rings. The normalized spacial score (nSPS) is 11.0. The van der Waals surface area contributed by atoms with E-state index in [-0.39, 0.29) is 12.3 Å². The Bertz CT molecular complexity index is 775. The number of ether oxygens (including phenoxy) is 1. The molecule has 0 aliphatic rings. The first-order valence-electron chi connectivity index (χ1n) is 6.92. The zero-order chi connectivity index (χ0) is 17.5. The van der Waals surface area contributed by atoms with Crippen molar-refractivity contribution < 1.29 is 14.5 Å². The van der Waals surface area contributed by atoms with E-state index in [4.69, 9.17) is 16.3 Å². The molecule has 1 amide bonds. The number of benzene rings is 2. The van der Waals surface area contributed by atoms with E-state index >= 15 is 0 Å². The molecule has 8 heteroatoms. The molecule has 0 atom stereocenters. The van der Waals surface area contributed by atoms with E-state index in [2.05, 4.69) is 10.5 Å². The van der Waals surface area contributed by atoms with Crippen LogP contribution in [0, 0.1) is 10.1 Å². The molecule has 0 saturated heterocycles. The topological polar surface area (TPSA) is 93.8 Å². The fourth-order valence-corrected chi connectivity index (χ4v) is 1.96. The summed E-state index contributed by atoms with van der Waals surface area (Å²) in [7, 11) is 0. The number of carbonyl (C=O) groups is 1. The molecule has 0 aliphatic heterocycles. The average molecular weight is 348 g/mol. The van der Waals surface area contributed by atoms with E-state index in [0.29, 0.717) is 22.0 Å². The maximum Gasteiger partial charge on any atom is 0.277 e. The maximum atomic E-state index is 11.7. The zero-order valence-electron chi connectivity index (χ0n) is 12.7. The molecule has 7 nitrogen and oxygen atoms in total. The summed E-state index contributed by atoms with van der Waals surface area (Å²) in [5, 5.41) is 15.0. The number of hydrazone groups is 1. The number of para-hydroxylation sites is 1. The van der Waals surface area contributed by atoms with Gasteiger partial charge in [-0.25, -0.2) is 5.43 Å². The van der Waals surface area contributed by atoms with Crippen molar-refractivity contribution in [2.24, 2.45) is 5.10 Å². The lowest BCUT2D eigenvalue weighted by Gasteiger charge is -2.07. The minimum absolute atomic E-state index is 0.0104. The van der Waals surface area contributed by atoms with E-state index in [1.165, 1.54) is 12.1 Å². The molecule has 0 radical (unpaired) electrons. The standard InChI is InChI=1S/C16H14ClN3O4/c1-11(12-6-8-13(9-7-12)20(22)23)18-19-16(21)10-24-15-5-3-2-4-14(15)17/h2-9H,10H2,1H3,(H,19,21)/b18-11-. The minimum Gasteiger partial charge on any atom is -0.482 e. The molecule has 24 heavy (non-hydrogen) atoms. The van der Waals surface area contributed by atoms with Gasteiger partial charge < -0.3 is 4.74 Å². The molecule has 0 unspecified atom stereocenters. The molecule has 2 aromatic rings. The Hall–Kier alpha value is -2.93.